The van der Waals surface area contributed by atoms with Crippen molar-refractivity contribution in [2.45, 2.75) is 12.8 Å². The van der Waals surface area contributed by atoms with Gasteiger partial charge in [0.05, 0.1) is 29.1 Å². The summed E-state index contributed by atoms with van der Waals surface area (Å²) in [5.41, 5.74) is 0.00403. The first-order chi connectivity index (χ1) is 12.0. The van der Waals surface area contributed by atoms with Gasteiger partial charge >= 0.3 is 5.97 Å². The fourth-order valence-electron chi connectivity index (χ4n) is 1.83. The first-order valence-electron chi connectivity index (χ1n) is 7.12. The summed E-state index contributed by atoms with van der Waals surface area (Å²) in [7, 11) is 0. The normalized spacial score (nSPS) is 15.5. The Morgan fingerprint density at radius 1 is 1.52 bits per heavy atom. The summed E-state index contributed by atoms with van der Waals surface area (Å²) in [4.78, 5) is 32.0. The fourth-order valence-corrected chi connectivity index (χ4v) is 2.46. The number of nitrogens with zero attached hydrogens (tertiary/aromatic N) is 3. The van der Waals surface area contributed by atoms with Gasteiger partial charge in [0.1, 0.15) is 5.75 Å². The van der Waals surface area contributed by atoms with Gasteiger partial charge in [-0.25, -0.2) is 0 Å². The maximum Gasteiger partial charge on any atom is 0.303 e. The van der Waals surface area contributed by atoms with Crippen LogP contribution in [0, 0.1) is 10.1 Å². The second-order valence-corrected chi connectivity index (χ2v) is 5.77. The molecule has 1 aromatic carbocycles. The molecule has 1 aliphatic heterocycles. The van der Waals surface area contributed by atoms with Crippen molar-refractivity contribution in [3.8, 4) is 5.75 Å². The van der Waals surface area contributed by atoms with Crippen LogP contribution in [0.3, 0.4) is 0 Å². The second-order valence-electron chi connectivity index (χ2n) is 4.81. The van der Waals surface area contributed by atoms with Crippen LogP contribution in [0.5, 0.6) is 5.75 Å². The Morgan fingerprint density at radius 3 is 2.96 bits per heavy atom. The summed E-state index contributed by atoms with van der Waals surface area (Å²) in [5, 5.41) is 30.0. The van der Waals surface area contributed by atoms with Gasteiger partial charge in [0, 0.05) is 12.5 Å². The number of carboxylic acid groups (broad SMARTS) is 1. The van der Waals surface area contributed by atoms with Gasteiger partial charge in [-0.3, -0.25) is 19.7 Å². The smallest absolute Gasteiger partial charge is 0.303 e. The number of amides is 1. The number of amidine groups is 1. The molecular weight excluding hydrogens is 352 g/mol. The Hall–Kier alpha value is -2.95. The number of benzene rings is 1. The van der Waals surface area contributed by atoms with Gasteiger partial charge < -0.3 is 15.2 Å². The van der Waals surface area contributed by atoms with E-state index in [1.54, 1.807) is 0 Å². The van der Waals surface area contributed by atoms with Gasteiger partial charge in [-0.1, -0.05) is 11.8 Å². The zero-order valence-electron chi connectivity index (χ0n) is 12.9. The number of nitro benzene ring substituents is 1. The van der Waals surface area contributed by atoms with E-state index in [0.29, 0.717) is 17.3 Å². The van der Waals surface area contributed by atoms with E-state index in [1.165, 1.54) is 36.2 Å². The summed E-state index contributed by atoms with van der Waals surface area (Å²) >= 11 is 1.18. The van der Waals surface area contributed by atoms with Crippen molar-refractivity contribution < 1.29 is 24.4 Å². The van der Waals surface area contributed by atoms with E-state index in [9.17, 15) is 19.7 Å². The largest absolute Gasteiger partial charge is 0.494 e. The molecule has 0 aliphatic carbocycles. The topological polar surface area (TPSA) is 143 Å². The Bertz CT molecular complexity index is 749. The summed E-state index contributed by atoms with van der Waals surface area (Å²) in [5.74, 6) is -0.486. The lowest BCUT2D eigenvalue weighted by Crippen LogP contribution is -2.19. The molecule has 0 atom stereocenters. The Labute approximate surface area is 146 Å². The van der Waals surface area contributed by atoms with Gasteiger partial charge in [0.2, 0.25) is 5.91 Å². The molecule has 11 heteroatoms. The molecule has 25 heavy (non-hydrogen) atoms. The second kappa shape index (κ2) is 8.78. The number of thioether (sulfide) groups is 1. The standard InChI is InChI=1S/C14H14N4O6S/c19-12-8-25-14(16-12)17-15-7-9-6-10(3-4-11(9)18(22)23)24-5-1-2-13(20)21/h3-4,6-7H,1-2,5,8H2,(H,20,21)(H,16,17,19). The van der Waals surface area contributed by atoms with Crippen LogP contribution in [0.25, 0.3) is 0 Å². The molecule has 0 unspecified atom stereocenters. The predicted octanol–water partition coefficient (Wildman–Crippen LogP) is 1.39. The molecule has 2 rings (SSSR count). The highest BCUT2D eigenvalue weighted by Crippen LogP contribution is 2.23. The molecule has 132 valence electrons. The lowest BCUT2D eigenvalue weighted by atomic mass is 10.2. The third-order valence-corrected chi connectivity index (χ3v) is 3.79. The van der Waals surface area contributed by atoms with E-state index in [-0.39, 0.29) is 35.9 Å². The zero-order chi connectivity index (χ0) is 18.2. The van der Waals surface area contributed by atoms with Gasteiger partial charge in [-0.15, -0.1) is 5.10 Å². The molecule has 0 bridgehead atoms. The number of hydrogen-bond acceptors (Lipinski definition) is 8. The lowest BCUT2D eigenvalue weighted by Gasteiger charge is -2.06. The fraction of sp³-hybridized carbons (Fsp3) is 0.286. The van der Waals surface area contributed by atoms with E-state index in [2.05, 4.69) is 15.5 Å². The van der Waals surface area contributed by atoms with Gasteiger partial charge in [-0.05, 0) is 18.6 Å². The monoisotopic (exact) mass is 366 g/mol. The van der Waals surface area contributed by atoms with Crippen molar-refractivity contribution in [3.63, 3.8) is 0 Å². The van der Waals surface area contributed by atoms with Crippen LogP contribution >= 0.6 is 11.8 Å². The number of rotatable bonds is 8. The number of carboxylic acids is 1. The predicted molar refractivity (Wildman–Crippen MR) is 91.1 cm³/mol. The number of carbonyl (C=O) groups is 2. The van der Waals surface area contributed by atoms with Crippen molar-refractivity contribution in [2.24, 2.45) is 10.2 Å². The molecule has 0 saturated carbocycles. The molecule has 2 N–H and O–H groups in total. The third kappa shape index (κ3) is 5.88. The molecular formula is C14H14N4O6S. The lowest BCUT2D eigenvalue weighted by molar-refractivity contribution is -0.385. The van der Waals surface area contributed by atoms with E-state index in [0.717, 1.165) is 0 Å². The average molecular weight is 366 g/mol. The van der Waals surface area contributed by atoms with Crippen LogP contribution in [0.2, 0.25) is 0 Å². The number of nitrogens with one attached hydrogen (secondary N) is 1. The molecule has 1 amide bonds. The van der Waals surface area contributed by atoms with Crippen LogP contribution in [0.4, 0.5) is 5.69 Å². The van der Waals surface area contributed by atoms with Crippen molar-refractivity contribution >= 4 is 40.7 Å². The summed E-state index contributed by atoms with van der Waals surface area (Å²) in [6, 6.07) is 4.12. The average Bonchev–Trinajstić information content (AvgIpc) is 2.97. The van der Waals surface area contributed by atoms with Gasteiger partial charge in [0.25, 0.3) is 5.69 Å². The first-order valence-corrected chi connectivity index (χ1v) is 8.11. The molecule has 1 aromatic rings. The Balaban J connectivity index is 2.08. The number of ether oxygens (including phenoxy) is 1. The van der Waals surface area contributed by atoms with Crippen LogP contribution in [0.1, 0.15) is 18.4 Å². The SMILES string of the molecule is O=C(O)CCCOc1ccc([N+](=O)[O-])c(C=NN=C2NC(=O)CS2)c1. The molecule has 0 spiro atoms. The van der Waals surface area contributed by atoms with Crippen molar-refractivity contribution in [3.05, 3.63) is 33.9 Å². The third-order valence-electron chi connectivity index (χ3n) is 2.93. The first kappa shape index (κ1) is 18.4. The van der Waals surface area contributed by atoms with Crippen LogP contribution in [0.15, 0.2) is 28.4 Å². The number of nitro groups is 1. The van der Waals surface area contributed by atoms with Crippen molar-refractivity contribution in [1.82, 2.24) is 5.32 Å². The maximum atomic E-state index is 11.1. The highest BCUT2D eigenvalue weighted by molar-refractivity contribution is 8.15. The summed E-state index contributed by atoms with van der Waals surface area (Å²) in [6.45, 7) is 0.172. The number of hydrogen-bond donors (Lipinski definition) is 2. The van der Waals surface area contributed by atoms with Crippen molar-refractivity contribution in [1.29, 1.82) is 0 Å². The number of carbonyl (C=O) groups excluding carboxylic acids is 1. The minimum absolute atomic E-state index is 0.0256. The molecule has 1 saturated heterocycles. The minimum Gasteiger partial charge on any atom is -0.494 e. The van der Waals surface area contributed by atoms with E-state index in [4.69, 9.17) is 9.84 Å². The molecule has 1 aliphatic rings. The van der Waals surface area contributed by atoms with Gasteiger partial charge in [-0.2, -0.15) is 5.10 Å². The van der Waals surface area contributed by atoms with E-state index < -0.39 is 10.9 Å². The highest BCUT2D eigenvalue weighted by Gasteiger charge is 2.16. The zero-order valence-corrected chi connectivity index (χ0v) is 13.7. The molecule has 10 nitrogen and oxygen atoms in total. The Morgan fingerprint density at radius 2 is 2.32 bits per heavy atom. The van der Waals surface area contributed by atoms with E-state index in [1.807, 2.05) is 0 Å². The van der Waals surface area contributed by atoms with Crippen LogP contribution in [-0.4, -0.2) is 45.6 Å². The maximum absolute atomic E-state index is 11.1. The summed E-state index contributed by atoms with van der Waals surface area (Å²) in [6.07, 6.45) is 1.49. The molecule has 1 fully saturated rings. The summed E-state index contributed by atoms with van der Waals surface area (Å²) < 4.78 is 5.38. The molecule has 1 heterocycles. The highest BCUT2D eigenvalue weighted by atomic mass is 32.2. The van der Waals surface area contributed by atoms with E-state index >= 15 is 0 Å². The van der Waals surface area contributed by atoms with Crippen molar-refractivity contribution in [2.75, 3.05) is 12.4 Å². The Kier molecular flexibility index (Phi) is 6.46. The molecule has 0 aromatic heterocycles. The number of aliphatic carboxylic acids is 1. The van der Waals surface area contributed by atoms with Crippen LogP contribution in [-0.2, 0) is 9.59 Å². The quantitative estimate of drug-likeness (QED) is 0.306. The van der Waals surface area contributed by atoms with Crippen LogP contribution < -0.4 is 10.1 Å². The molecule has 0 radical (unpaired) electrons. The van der Waals surface area contributed by atoms with Gasteiger partial charge in [0.15, 0.2) is 5.17 Å². The minimum atomic E-state index is -0.920.